The van der Waals surface area contributed by atoms with Crippen LogP contribution in [0.15, 0.2) is 59.5 Å². The van der Waals surface area contributed by atoms with E-state index in [1.165, 1.54) is 24.5 Å². The highest BCUT2D eigenvalue weighted by molar-refractivity contribution is 9.10. The third kappa shape index (κ3) is 3.26. The molecule has 156 valence electrons. The summed E-state index contributed by atoms with van der Waals surface area (Å²) in [6.07, 6.45) is 3.14. The van der Waals surface area contributed by atoms with E-state index in [1.807, 2.05) is 24.3 Å². The normalized spacial score (nSPS) is 15.5. The van der Waals surface area contributed by atoms with Gasteiger partial charge in [-0.15, -0.1) is 0 Å². The number of halogens is 3. The third-order valence-electron chi connectivity index (χ3n) is 5.38. The Hall–Kier alpha value is -2.97. The lowest BCUT2D eigenvalue weighted by Gasteiger charge is -2.27. The highest BCUT2D eigenvalue weighted by Crippen LogP contribution is 2.46. The Morgan fingerprint density at radius 1 is 1.23 bits per heavy atom. The van der Waals surface area contributed by atoms with E-state index in [4.69, 9.17) is 16.3 Å². The van der Waals surface area contributed by atoms with Crippen LogP contribution in [0.1, 0.15) is 33.1 Å². The molecule has 0 aliphatic carbocycles. The number of hydrogen-bond donors (Lipinski definition) is 0. The molecule has 1 unspecified atom stereocenters. The summed E-state index contributed by atoms with van der Waals surface area (Å²) in [5.74, 6) is 0.0669. The number of amides is 1. The molecule has 0 saturated carbocycles. The molecule has 0 N–H and O–H groups in total. The highest BCUT2D eigenvalue weighted by Gasteiger charge is 2.42. The van der Waals surface area contributed by atoms with Gasteiger partial charge in [-0.25, -0.2) is 13.9 Å². The molecule has 0 fully saturated rings. The number of benzene rings is 2. The molecule has 1 amide bonds. The molecule has 5 rings (SSSR count). The molecular weight excluding hydrogens is 487 g/mol. The van der Waals surface area contributed by atoms with Crippen LogP contribution in [0.4, 0.5) is 4.39 Å². The van der Waals surface area contributed by atoms with Crippen LogP contribution in [0.5, 0.6) is 5.75 Å². The number of carbonyl (C=O) groups excluding carboxylic acids is 1. The SMILES string of the molecule is COc1ccc(CN2C(=O)c3c(c(Br)cn4ncnc34)C2c2cc(F)ccc2Cl)cc1. The highest BCUT2D eigenvalue weighted by atomic mass is 79.9. The molecular formula is C22H15BrClFN4O2. The van der Waals surface area contributed by atoms with Gasteiger partial charge in [0.15, 0.2) is 5.65 Å². The van der Waals surface area contributed by atoms with Crippen LogP contribution in [0.25, 0.3) is 5.65 Å². The predicted molar refractivity (Wildman–Crippen MR) is 117 cm³/mol. The maximum atomic E-state index is 14.2. The predicted octanol–water partition coefficient (Wildman–Crippen LogP) is 5.04. The molecule has 1 aliphatic heterocycles. The van der Waals surface area contributed by atoms with E-state index in [9.17, 15) is 9.18 Å². The average molecular weight is 502 g/mol. The van der Waals surface area contributed by atoms with Gasteiger partial charge in [0, 0.05) is 33.4 Å². The number of hydrogen-bond acceptors (Lipinski definition) is 4. The topological polar surface area (TPSA) is 59.7 Å². The molecule has 1 atom stereocenters. The van der Waals surface area contributed by atoms with Gasteiger partial charge in [-0.3, -0.25) is 4.79 Å². The summed E-state index contributed by atoms with van der Waals surface area (Å²) in [7, 11) is 1.60. The van der Waals surface area contributed by atoms with Gasteiger partial charge in [-0.1, -0.05) is 23.7 Å². The van der Waals surface area contributed by atoms with E-state index in [0.717, 1.165) is 11.3 Å². The van der Waals surface area contributed by atoms with E-state index in [0.29, 0.717) is 38.4 Å². The van der Waals surface area contributed by atoms with Gasteiger partial charge in [0.05, 0.1) is 18.7 Å². The van der Waals surface area contributed by atoms with Crippen LogP contribution in [0, 0.1) is 5.82 Å². The van der Waals surface area contributed by atoms with Gasteiger partial charge in [-0.05, 0) is 51.8 Å². The maximum absolute atomic E-state index is 14.2. The van der Waals surface area contributed by atoms with E-state index in [1.54, 1.807) is 22.7 Å². The van der Waals surface area contributed by atoms with Crippen molar-refractivity contribution in [1.82, 2.24) is 19.5 Å². The lowest BCUT2D eigenvalue weighted by Crippen LogP contribution is -2.28. The minimum Gasteiger partial charge on any atom is -0.497 e. The number of methoxy groups -OCH3 is 1. The Labute approximate surface area is 190 Å². The standard InChI is InChI=1S/C22H15BrClFN4O2/c1-31-14-5-2-12(3-6-14)9-28-20(15-8-13(25)4-7-17(15)24)18-16(23)10-29-21(26-11-27-29)19(18)22(28)30/h2-8,10-11,20H,9H2,1H3. The minimum atomic E-state index is -0.594. The third-order valence-corrected chi connectivity index (χ3v) is 6.36. The first kappa shape index (κ1) is 20.0. The molecule has 0 bridgehead atoms. The van der Waals surface area contributed by atoms with Gasteiger partial charge in [0.25, 0.3) is 5.91 Å². The molecule has 4 aromatic rings. The quantitative estimate of drug-likeness (QED) is 0.393. The van der Waals surface area contributed by atoms with E-state index in [-0.39, 0.29) is 5.91 Å². The van der Waals surface area contributed by atoms with Gasteiger partial charge in [0.1, 0.15) is 17.9 Å². The number of aromatic nitrogens is 3. The smallest absolute Gasteiger partial charge is 0.259 e. The first-order chi connectivity index (χ1) is 15.0. The number of nitrogens with zero attached hydrogens (tertiary/aromatic N) is 4. The summed E-state index contributed by atoms with van der Waals surface area (Å²) in [6, 6.07) is 11.0. The molecule has 9 heteroatoms. The van der Waals surface area contributed by atoms with Crippen molar-refractivity contribution >= 4 is 39.1 Å². The van der Waals surface area contributed by atoms with Crippen molar-refractivity contribution < 1.29 is 13.9 Å². The second kappa shape index (κ2) is 7.62. The fourth-order valence-electron chi connectivity index (χ4n) is 3.97. The van der Waals surface area contributed by atoms with Crippen LogP contribution >= 0.6 is 27.5 Å². The number of carbonyl (C=O) groups is 1. The second-order valence-electron chi connectivity index (χ2n) is 7.14. The summed E-state index contributed by atoms with van der Waals surface area (Å²) < 4.78 is 21.6. The fourth-order valence-corrected chi connectivity index (χ4v) is 4.80. The van der Waals surface area contributed by atoms with Crippen LogP contribution in [-0.2, 0) is 6.54 Å². The number of ether oxygens (including phenoxy) is 1. The second-order valence-corrected chi connectivity index (χ2v) is 8.40. The Morgan fingerprint density at radius 2 is 2.00 bits per heavy atom. The number of rotatable bonds is 4. The van der Waals surface area contributed by atoms with Gasteiger partial charge in [-0.2, -0.15) is 5.10 Å². The monoisotopic (exact) mass is 500 g/mol. The van der Waals surface area contributed by atoms with Crippen molar-refractivity contribution in [3.05, 3.63) is 92.6 Å². The zero-order chi connectivity index (χ0) is 21.7. The van der Waals surface area contributed by atoms with Crippen molar-refractivity contribution in [2.24, 2.45) is 0 Å². The first-order valence-electron chi connectivity index (χ1n) is 9.38. The molecule has 6 nitrogen and oxygen atoms in total. The zero-order valence-electron chi connectivity index (χ0n) is 16.2. The number of pyridine rings is 1. The fraction of sp³-hybridized carbons (Fsp3) is 0.136. The molecule has 0 radical (unpaired) electrons. The first-order valence-corrected chi connectivity index (χ1v) is 10.6. The molecule has 1 aliphatic rings. The minimum absolute atomic E-state index is 0.226. The van der Waals surface area contributed by atoms with Gasteiger partial charge in [0.2, 0.25) is 0 Å². The summed E-state index contributed by atoms with van der Waals surface area (Å²) >= 11 is 10.1. The maximum Gasteiger partial charge on any atom is 0.259 e. The lowest BCUT2D eigenvalue weighted by molar-refractivity contribution is 0.0736. The van der Waals surface area contributed by atoms with Crippen molar-refractivity contribution in [3.8, 4) is 5.75 Å². The van der Waals surface area contributed by atoms with Crippen molar-refractivity contribution in [1.29, 1.82) is 0 Å². The summed E-state index contributed by atoms with van der Waals surface area (Å²) in [6.45, 7) is 0.293. The van der Waals surface area contributed by atoms with Crippen molar-refractivity contribution in [2.45, 2.75) is 12.6 Å². The molecule has 31 heavy (non-hydrogen) atoms. The van der Waals surface area contributed by atoms with E-state index < -0.39 is 11.9 Å². The summed E-state index contributed by atoms with van der Waals surface area (Å²) in [4.78, 5) is 19.6. The summed E-state index contributed by atoms with van der Waals surface area (Å²) in [5, 5.41) is 4.53. The average Bonchev–Trinajstić information content (AvgIpc) is 3.33. The molecule has 3 heterocycles. The number of fused-ring (bicyclic) bond motifs is 3. The largest absolute Gasteiger partial charge is 0.497 e. The van der Waals surface area contributed by atoms with Crippen LogP contribution in [0.2, 0.25) is 5.02 Å². The van der Waals surface area contributed by atoms with Crippen LogP contribution < -0.4 is 4.74 Å². The lowest BCUT2D eigenvalue weighted by atomic mass is 9.98. The summed E-state index contributed by atoms with van der Waals surface area (Å²) in [5.41, 5.74) is 2.95. The van der Waals surface area contributed by atoms with Gasteiger partial charge >= 0.3 is 0 Å². The van der Waals surface area contributed by atoms with E-state index in [2.05, 4.69) is 26.0 Å². The Kier molecular flexibility index (Phi) is 4.91. The molecule has 0 saturated heterocycles. The molecule has 2 aromatic carbocycles. The van der Waals surface area contributed by atoms with E-state index >= 15 is 0 Å². The van der Waals surface area contributed by atoms with Crippen LogP contribution in [0.3, 0.4) is 0 Å². The Balaban J connectivity index is 1.70. The van der Waals surface area contributed by atoms with Crippen LogP contribution in [-0.4, -0.2) is 32.5 Å². The van der Waals surface area contributed by atoms with Gasteiger partial charge < -0.3 is 9.64 Å². The molecule has 0 spiro atoms. The van der Waals surface area contributed by atoms with Crippen molar-refractivity contribution in [3.63, 3.8) is 0 Å². The molecule has 2 aromatic heterocycles. The Bertz CT molecular complexity index is 1330. The van der Waals surface area contributed by atoms with Crippen molar-refractivity contribution in [2.75, 3.05) is 7.11 Å². The Morgan fingerprint density at radius 3 is 2.74 bits per heavy atom. The zero-order valence-corrected chi connectivity index (χ0v) is 18.6.